The zero-order valence-electron chi connectivity index (χ0n) is 19.1. The van der Waals surface area contributed by atoms with Crippen molar-refractivity contribution in [2.24, 2.45) is 12.5 Å². The SMILES string of the molecule is [2H]C([2H])(c1cc[n+](C)c(-c2ccc3c(c2C)Cc2nc(C)ccc2-3)c1)C(C)(C)C. The van der Waals surface area contributed by atoms with Gasteiger partial charge in [-0.1, -0.05) is 32.9 Å². The number of aromatic nitrogens is 2. The van der Waals surface area contributed by atoms with Crippen LogP contribution in [0, 0.1) is 19.3 Å². The predicted molar refractivity (Wildman–Crippen MR) is 112 cm³/mol. The molecular weight excluding hydrogens is 328 g/mol. The molecule has 0 saturated heterocycles. The molecule has 27 heavy (non-hydrogen) atoms. The van der Waals surface area contributed by atoms with Crippen molar-refractivity contribution in [2.75, 3.05) is 0 Å². The molecule has 2 aromatic heterocycles. The molecule has 2 heterocycles. The third-order valence-corrected chi connectivity index (χ3v) is 5.29. The molecule has 1 aliphatic rings. The Morgan fingerprint density at radius 3 is 2.48 bits per heavy atom. The van der Waals surface area contributed by atoms with E-state index in [-0.39, 0.29) is 0 Å². The van der Waals surface area contributed by atoms with Crippen LogP contribution in [-0.4, -0.2) is 4.98 Å². The minimum Gasteiger partial charge on any atom is -0.257 e. The van der Waals surface area contributed by atoms with E-state index in [1.54, 1.807) is 0 Å². The van der Waals surface area contributed by atoms with E-state index in [0.29, 0.717) is 0 Å². The lowest BCUT2D eigenvalue weighted by Gasteiger charge is -2.18. The number of benzene rings is 1. The largest absolute Gasteiger partial charge is 0.257 e. The third-order valence-electron chi connectivity index (χ3n) is 5.29. The van der Waals surface area contributed by atoms with E-state index < -0.39 is 11.8 Å². The van der Waals surface area contributed by atoms with E-state index in [0.717, 1.165) is 34.6 Å². The van der Waals surface area contributed by atoms with E-state index >= 15 is 0 Å². The number of aryl methyl sites for hydroxylation is 2. The topological polar surface area (TPSA) is 16.8 Å². The highest BCUT2D eigenvalue weighted by molar-refractivity contribution is 5.80. The Balaban J connectivity index is 1.85. The number of hydrogen-bond acceptors (Lipinski definition) is 1. The molecule has 3 aromatic rings. The fraction of sp³-hybridized carbons (Fsp3) is 0.360. The number of rotatable bonds is 2. The molecule has 0 saturated carbocycles. The van der Waals surface area contributed by atoms with Crippen molar-refractivity contribution in [3.05, 3.63) is 70.7 Å². The first kappa shape index (κ1) is 15.6. The number of nitrogens with zero attached hydrogens (tertiary/aromatic N) is 2. The van der Waals surface area contributed by atoms with E-state index in [9.17, 15) is 0 Å². The van der Waals surface area contributed by atoms with Crippen LogP contribution in [0.3, 0.4) is 0 Å². The quantitative estimate of drug-likeness (QED) is 0.441. The lowest BCUT2D eigenvalue weighted by atomic mass is 9.87. The first-order chi connectivity index (χ1) is 13.5. The second kappa shape index (κ2) is 6.30. The molecule has 138 valence electrons. The van der Waals surface area contributed by atoms with Crippen molar-refractivity contribution < 1.29 is 7.31 Å². The summed E-state index contributed by atoms with van der Waals surface area (Å²) in [4.78, 5) is 4.75. The molecule has 1 aliphatic carbocycles. The summed E-state index contributed by atoms with van der Waals surface area (Å²) >= 11 is 0. The lowest BCUT2D eigenvalue weighted by Crippen LogP contribution is -2.31. The molecule has 0 radical (unpaired) electrons. The summed E-state index contributed by atoms with van der Waals surface area (Å²) in [6.07, 6.45) is 1.41. The van der Waals surface area contributed by atoms with Crippen LogP contribution < -0.4 is 4.57 Å². The van der Waals surface area contributed by atoms with Crippen molar-refractivity contribution in [1.82, 2.24) is 4.98 Å². The van der Waals surface area contributed by atoms with Crippen LogP contribution in [0.25, 0.3) is 22.4 Å². The minimum absolute atomic E-state index is 0.484. The van der Waals surface area contributed by atoms with Gasteiger partial charge in [0, 0.05) is 38.1 Å². The van der Waals surface area contributed by atoms with Gasteiger partial charge in [0.2, 0.25) is 5.69 Å². The van der Waals surface area contributed by atoms with Crippen LogP contribution in [0.1, 0.15) is 51.6 Å². The third kappa shape index (κ3) is 3.29. The molecule has 2 nitrogen and oxygen atoms in total. The van der Waals surface area contributed by atoms with Gasteiger partial charge >= 0.3 is 0 Å². The normalized spacial score (nSPS) is 14.4. The second-order valence-corrected chi connectivity index (χ2v) is 8.67. The lowest BCUT2D eigenvalue weighted by molar-refractivity contribution is -0.660. The Labute approximate surface area is 165 Å². The molecule has 0 fully saturated rings. The van der Waals surface area contributed by atoms with E-state index in [2.05, 4.69) is 35.8 Å². The molecule has 4 rings (SSSR count). The highest BCUT2D eigenvalue weighted by atomic mass is 14.9. The Hall–Kier alpha value is -2.48. The van der Waals surface area contributed by atoms with Gasteiger partial charge in [-0.2, -0.15) is 0 Å². The summed E-state index contributed by atoms with van der Waals surface area (Å²) in [5, 5.41) is 0. The summed E-state index contributed by atoms with van der Waals surface area (Å²) in [7, 11) is 2.03. The van der Waals surface area contributed by atoms with Crippen molar-refractivity contribution in [3.63, 3.8) is 0 Å². The minimum atomic E-state index is -1.42. The smallest absolute Gasteiger partial charge is 0.212 e. The van der Waals surface area contributed by atoms with Gasteiger partial charge in [-0.05, 0) is 60.0 Å². The zero-order valence-corrected chi connectivity index (χ0v) is 17.1. The molecule has 0 unspecified atom stereocenters. The molecule has 0 spiro atoms. The average Bonchev–Trinajstić information content (AvgIpc) is 3.00. The van der Waals surface area contributed by atoms with Crippen molar-refractivity contribution in [2.45, 2.75) is 47.4 Å². The van der Waals surface area contributed by atoms with Gasteiger partial charge < -0.3 is 0 Å². The zero-order chi connectivity index (χ0) is 21.1. The summed E-state index contributed by atoms with van der Waals surface area (Å²) in [5.41, 5.74) is 9.74. The standard InChI is InChI=1S/C25H29N2/c1-16-7-8-21-20-10-9-19(17(2)22(20)14-23(21)26-16)24-13-18(11-12-27(24)6)15-25(3,4)5/h7-13H,14-15H2,1-6H3/q+1/i15D2. The summed E-state index contributed by atoms with van der Waals surface area (Å²) in [6, 6.07) is 12.6. The average molecular weight is 360 g/mol. The van der Waals surface area contributed by atoms with Crippen molar-refractivity contribution in [3.8, 4) is 22.4 Å². The highest BCUT2D eigenvalue weighted by Crippen LogP contribution is 2.40. The Morgan fingerprint density at radius 1 is 1.04 bits per heavy atom. The maximum absolute atomic E-state index is 8.68. The van der Waals surface area contributed by atoms with E-state index in [1.165, 1.54) is 22.3 Å². The van der Waals surface area contributed by atoms with Crippen LogP contribution in [0.15, 0.2) is 42.6 Å². The maximum atomic E-state index is 8.68. The van der Waals surface area contributed by atoms with Crippen LogP contribution in [0.2, 0.25) is 0 Å². The van der Waals surface area contributed by atoms with Gasteiger partial charge in [-0.25, -0.2) is 4.57 Å². The molecule has 0 atom stereocenters. The second-order valence-electron chi connectivity index (χ2n) is 8.67. The molecule has 0 N–H and O–H groups in total. The first-order valence-electron chi connectivity index (χ1n) is 10.6. The fourth-order valence-electron chi connectivity index (χ4n) is 4.02. The molecular formula is C25H29N2+. The number of hydrogen-bond donors (Lipinski definition) is 0. The Kier molecular flexibility index (Phi) is 3.63. The number of fused-ring (bicyclic) bond motifs is 3. The van der Waals surface area contributed by atoms with Crippen LogP contribution in [0.5, 0.6) is 0 Å². The monoisotopic (exact) mass is 359 g/mol. The van der Waals surface area contributed by atoms with Gasteiger partial charge in [0.25, 0.3) is 0 Å². The molecule has 0 aliphatic heterocycles. The summed E-state index contributed by atoms with van der Waals surface area (Å²) in [6.45, 7) is 10.1. The van der Waals surface area contributed by atoms with Gasteiger partial charge in [-0.15, -0.1) is 0 Å². The molecule has 0 amide bonds. The van der Waals surface area contributed by atoms with Crippen molar-refractivity contribution >= 4 is 0 Å². The summed E-state index contributed by atoms with van der Waals surface area (Å²) in [5.74, 6) is 0. The molecule has 0 bridgehead atoms. The Morgan fingerprint density at radius 2 is 1.74 bits per heavy atom. The van der Waals surface area contributed by atoms with Crippen molar-refractivity contribution in [1.29, 1.82) is 0 Å². The van der Waals surface area contributed by atoms with Gasteiger partial charge in [-0.3, -0.25) is 4.98 Å². The fourth-order valence-corrected chi connectivity index (χ4v) is 4.02. The van der Waals surface area contributed by atoms with Gasteiger partial charge in [0.15, 0.2) is 6.20 Å². The summed E-state index contributed by atoms with van der Waals surface area (Å²) < 4.78 is 19.4. The molecule has 2 heteroatoms. The highest BCUT2D eigenvalue weighted by Gasteiger charge is 2.25. The van der Waals surface area contributed by atoms with Gasteiger partial charge in [0.05, 0.1) is 5.69 Å². The first-order valence-corrected chi connectivity index (χ1v) is 9.60. The van der Waals surface area contributed by atoms with E-state index in [1.807, 2.05) is 53.1 Å². The number of pyridine rings is 2. The maximum Gasteiger partial charge on any atom is 0.212 e. The van der Waals surface area contributed by atoms with Crippen LogP contribution >= 0.6 is 0 Å². The molecule has 1 aromatic carbocycles. The van der Waals surface area contributed by atoms with E-state index in [4.69, 9.17) is 7.73 Å². The Bertz CT molecular complexity index is 1120. The van der Waals surface area contributed by atoms with Crippen LogP contribution in [0.4, 0.5) is 0 Å². The predicted octanol–water partition coefficient (Wildman–Crippen LogP) is 5.35. The van der Waals surface area contributed by atoms with Crippen LogP contribution in [-0.2, 0) is 19.8 Å². The van der Waals surface area contributed by atoms with Gasteiger partial charge in [0.1, 0.15) is 7.05 Å².